The molecule has 1 fully saturated rings. The van der Waals surface area contributed by atoms with E-state index in [1.54, 1.807) is 12.1 Å². The number of amides is 1. The van der Waals surface area contributed by atoms with Gasteiger partial charge in [-0.05, 0) is 43.7 Å². The molecule has 0 spiro atoms. The standard InChI is InChI=1S/C15H15F3N4O2.ClH/c16-15(17,18)14-21-13(22-24-14)9-3-5-10(6-4-9)20-12(23)8-11-2-1-7-19-11;/h3-6,11,19H,1-2,7-8H2,(H,20,23);1H. The SMILES string of the molecule is Cl.O=C(CC1CCCN1)Nc1ccc(-c2noc(C(F)(F)F)n2)cc1. The van der Waals surface area contributed by atoms with E-state index in [0.29, 0.717) is 17.7 Å². The molecule has 6 nitrogen and oxygen atoms in total. The lowest BCUT2D eigenvalue weighted by Gasteiger charge is -2.10. The average molecular weight is 377 g/mol. The molecule has 1 unspecified atom stereocenters. The highest BCUT2D eigenvalue weighted by atomic mass is 35.5. The Morgan fingerprint density at radius 3 is 2.60 bits per heavy atom. The maximum Gasteiger partial charge on any atom is 0.471 e. The maximum atomic E-state index is 12.4. The normalized spacial score (nSPS) is 17.2. The summed E-state index contributed by atoms with van der Waals surface area (Å²) in [5.41, 5.74) is 0.922. The van der Waals surface area contributed by atoms with E-state index in [1.165, 1.54) is 12.1 Å². The number of carbonyl (C=O) groups is 1. The number of aromatic nitrogens is 2. The second-order valence-corrected chi connectivity index (χ2v) is 5.54. The second-order valence-electron chi connectivity index (χ2n) is 5.54. The van der Waals surface area contributed by atoms with Gasteiger partial charge < -0.3 is 15.2 Å². The number of alkyl halides is 3. The van der Waals surface area contributed by atoms with Gasteiger partial charge in [0.2, 0.25) is 11.7 Å². The third-order valence-corrected chi connectivity index (χ3v) is 3.69. The van der Waals surface area contributed by atoms with Crippen LogP contribution in [0.1, 0.15) is 25.2 Å². The van der Waals surface area contributed by atoms with Gasteiger partial charge in [0.25, 0.3) is 0 Å². The van der Waals surface area contributed by atoms with Crippen LogP contribution < -0.4 is 10.6 Å². The van der Waals surface area contributed by atoms with Crippen molar-refractivity contribution < 1.29 is 22.5 Å². The Balaban J connectivity index is 0.00000225. The van der Waals surface area contributed by atoms with Gasteiger partial charge >= 0.3 is 12.1 Å². The van der Waals surface area contributed by atoms with E-state index in [4.69, 9.17) is 0 Å². The highest BCUT2D eigenvalue weighted by molar-refractivity contribution is 5.91. The first-order chi connectivity index (χ1) is 11.4. The number of nitrogens with one attached hydrogen (secondary N) is 2. The molecule has 0 aliphatic carbocycles. The average Bonchev–Trinajstić information content (AvgIpc) is 3.18. The fraction of sp³-hybridized carbons (Fsp3) is 0.400. The van der Waals surface area contributed by atoms with Crippen LogP contribution in [0.2, 0.25) is 0 Å². The number of nitrogens with zero attached hydrogens (tertiary/aromatic N) is 2. The molecule has 1 atom stereocenters. The topological polar surface area (TPSA) is 80.0 Å². The van der Waals surface area contributed by atoms with E-state index in [-0.39, 0.29) is 30.2 Å². The Morgan fingerprint density at radius 2 is 2.04 bits per heavy atom. The van der Waals surface area contributed by atoms with Gasteiger partial charge in [0, 0.05) is 23.7 Å². The molecule has 25 heavy (non-hydrogen) atoms. The molecule has 1 saturated heterocycles. The summed E-state index contributed by atoms with van der Waals surface area (Å²) >= 11 is 0. The summed E-state index contributed by atoms with van der Waals surface area (Å²) in [6.45, 7) is 0.928. The molecule has 10 heteroatoms. The molecule has 1 aliphatic heterocycles. The first kappa shape index (κ1) is 19.2. The Hall–Kier alpha value is -2.13. The van der Waals surface area contributed by atoms with Crippen molar-refractivity contribution in [1.29, 1.82) is 0 Å². The minimum atomic E-state index is -4.67. The molecule has 1 amide bonds. The van der Waals surface area contributed by atoms with Crippen LogP contribution in [-0.4, -0.2) is 28.6 Å². The number of hydrogen-bond acceptors (Lipinski definition) is 5. The summed E-state index contributed by atoms with van der Waals surface area (Å²) in [5, 5.41) is 9.30. The van der Waals surface area contributed by atoms with Crippen LogP contribution in [0, 0.1) is 0 Å². The van der Waals surface area contributed by atoms with Crippen LogP contribution in [0.15, 0.2) is 28.8 Å². The minimum Gasteiger partial charge on any atom is -0.329 e. The van der Waals surface area contributed by atoms with E-state index in [2.05, 4.69) is 25.3 Å². The highest BCUT2D eigenvalue weighted by Crippen LogP contribution is 2.29. The molecule has 3 rings (SSSR count). The third kappa shape index (κ3) is 4.93. The van der Waals surface area contributed by atoms with Crippen LogP contribution in [0.3, 0.4) is 0 Å². The Kier molecular flexibility index (Phi) is 6.02. The number of benzene rings is 1. The second kappa shape index (κ2) is 7.83. The Bertz CT molecular complexity index is 712. The monoisotopic (exact) mass is 376 g/mol. The van der Waals surface area contributed by atoms with E-state index in [9.17, 15) is 18.0 Å². The van der Waals surface area contributed by atoms with Crippen LogP contribution >= 0.6 is 12.4 Å². The van der Waals surface area contributed by atoms with Crippen LogP contribution in [0.25, 0.3) is 11.4 Å². The largest absolute Gasteiger partial charge is 0.471 e. The van der Waals surface area contributed by atoms with Crippen molar-refractivity contribution in [2.75, 3.05) is 11.9 Å². The highest BCUT2D eigenvalue weighted by Gasteiger charge is 2.38. The lowest BCUT2D eigenvalue weighted by molar-refractivity contribution is -0.159. The third-order valence-electron chi connectivity index (χ3n) is 3.69. The molecule has 2 aromatic rings. The van der Waals surface area contributed by atoms with Crippen molar-refractivity contribution >= 4 is 24.0 Å². The summed E-state index contributed by atoms with van der Waals surface area (Å²) in [5.74, 6) is -1.66. The smallest absolute Gasteiger partial charge is 0.329 e. The van der Waals surface area contributed by atoms with Crippen molar-refractivity contribution in [3.8, 4) is 11.4 Å². The van der Waals surface area contributed by atoms with Crippen LogP contribution in [0.4, 0.5) is 18.9 Å². The predicted octanol–water partition coefficient (Wildman–Crippen LogP) is 3.26. The molecule has 0 radical (unpaired) electrons. The molecule has 1 aromatic carbocycles. The predicted molar refractivity (Wildman–Crippen MR) is 86.3 cm³/mol. The summed E-state index contributed by atoms with van der Waals surface area (Å²) in [4.78, 5) is 15.2. The van der Waals surface area contributed by atoms with Crippen molar-refractivity contribution in [3.63, 3.8) is 0 Å². The zero-order valence-electron chi connectivity index (χ0n) is 13.0. The van der Waals surface area contributed by atoms with Gasteiger partial charge in [-0.25, -0.2) is 0 Å². The van der Waals surface area contributed by atoms with E-state index in [0.717, 1.165) is 19.4 Å². The Morgan fingerprint density at radius 1 is 1.32 bits per heavy atom. The molecule has 0 saturated carbocycles. The first-order valence-electron chi connectivity index (χ1n) is 7.46. The number of carbonyl (C=O) groups excluding carboxylic acids is 1. The lowest BCUT2D eigenvalue weighted by Crippen LogP contribution is -2.27. The van der Waals surface area contributed by atoms with Gasteiger partial charge in [0.05, 0.1) is 0 Å². The van der Waals surface area contributed by atoms with Gasteiger partial charge in [-0.2, -0.15) is 18.2 Å². The molecular weight excluding hydrogens is 361 g/mol. The molecule has 1 aromatic heterocycles. The van der Waals surface area contributed by atoms with Crippen LogP contribution in [0.5, 0.6) is 0 Å². The van der Waals surface area contributed by atoms with Crippen molar-refractivity contribution in [2.24, 2.45) is 0 Å². The summed E-state index contributed by atoms with van der Waals surface area (Å²) in [6, 6.07) is 6.41. The van der Waals surface area contributed by atoms with Crippen molar-refractivity contribution in [1.82, 2.24) is 15.5 Å². The Labute approximate surface area is 147 Å². The molecule has 0 bridgehead atoms. The first-order valence-corrected chi connectivity index (χ1v) is 7.46. The van der Waals surface area contributed by atoms with Gasteiger partial charge in [-0.3, -0.25) is 4.79 Å². The fourth-order valence-electron chi connectivity index (χ4n) is 2.53. The summed E-state index contributed by atoms with van der Waals surface area (Å²) in [7, 11) is 0. The molecule has 2 N–H and O–H groups in total. The van der Waals surface area contributed by atoms with Gasteiger partial charge in [0.15, 0.2) is 0 Å². The number of hydrogen-bond donors (Lipinski definition) is 2. The van der Waals surface area contributed by atoms with Gasteiger partial charge in [-0.1, -0.05) is 5.16 Å². The molecule has 2 heterocycles. The van der Waals surface area contributed by atoms with Gasteiger partial charge in [-0.15, -0.1) is 12.4 Å². The van der Waals surface area contributed by atoms with E-state index < -0.39 is 12.1 Å². The van der Waals surface area contributed by atoms with Crippen molar-refractivity contribution in [3.05, 3.63) is 30.2 Å². The quantitative estimate of drug-likeness (QED) is 0.856. The summed E-state index contributed by atoms with van der Waals surface area (Å²) < 4.78 is 41.5. The maximum absolute atomic E-state index is 12.4. The minimum absolute atomic E-state index is 0. The number of anilines is 1. The number of halogens is 4. The van der Waals surface area contributed by atoms with Gasteiger partial charge in [0.1, 0.15) is 0 Å². The number of rotatable bonds is 4. The van der Waals surface area contributed by atoms with E-state index >= 15 is 0 Å². The van der Waals surface area contributed by atoms with Crippen molar-refractivity contribution in [2.45, 2.75) is 31.5 Å². The van der Waals surface area contributed by atoms with E-state index in [1.807, 2.05) is 0 Å². The fourth-order valence-corrected chi connectivity index (χ4v) is 2.53. The zero-order chi connectivity index (χ0) is 17.2. The lowest BCUT2D eigenvalue weighted by atomic mass is 10.1. The molecule has 136 valence electrons. The van der Waals surface area contributed by atoms with Crippen LogP contribution in [-0.2, 0) is 11.0 Å². The molecule has 1 aliphatic rings. The molecular formula is C15H16ClF3N4O2. The summed E-state index contributed by atoms with van der Waals surface area (Å²) in [6.07, 6.45) is -2.24. The zero-order valence-corrected chi connectivity index (χ0v) is 13.8.